The standard InChI is InChI=1S/C20H21N3O2S/c1-14-12-15(2)23-20(22-14)26-13-17-8-9-18(25-17)19(24)21-11-10-16-6-4-3-5-7-16/h3-9,12H,10-11,13H2,1-2H3,(H,21,24). The Morgan fingerprint density at radius 1 is 1.08 bits per heavy atom. The number of hydrogen-bond acceptors (Lipinski definition) is 5. The van der Waals surface area contributed by atoms with Gasteiger partial charge in [-0.25, -0.2) is 9.97 Å². The smallest absolute Gasteiger partial charge is 0.287 e. The summed E-state index contributed by atoms with van der Waals surface area (Å²) in [7, 11) is 0. The topological polar surface area (TPSA) is 68.0 Å². The average Bonchev–Trinajstić information content (AvgIpc) is 3.09. The lowest BCUT2D eigenvalue weighted by molar-refractivity contribution is 0.0925. The van der Waals surface area contributed by atoms with E-state index in [2.05, 4.69) is 15.3 Å². The molecule has 26 heavy (non-hydrogen) atoms. The first-order valence-corrected chi connectivity index (χ1v) is 9.44. The van der Waals surface area contributed by atoms with Crippen molar-refractivity contribution in [3.63, 3.8) is 0 Å². The van der Waals surface area contributed by atoms with Crippen molar-refractivity contribution in [2.24, 2.45) is 0 Å². The number of rotatable bonds is 7. The summed E-state index contributed by atoms with van der Waals surface area (Å²) in [6, 6.07) is 15.5. The van der Waals surface area contributed by atoms with Crippen molar-refractivity contribution in [3.05, 3.63) is 77.0 Å². The molecule has 0 bridgehead atoms. The number of nitrogens with one attached hydrogen (secondary N) is 1. The third-order valence-electron chi connectivity index (χ3n) is 3.73. The SMILES string of the molecule is Cc1cc(C)nc(SCc2ccc(C(=O)NCCc3ccccc3)o2)n1. The predicted octanol–water partition coefficient (Wildman–Crippen LogP) is 3.95. The molecule has 0 fully saturated rings. The van der Waals surface area contributed by atoms with Gasteiger partial charge in [0.2, 0.25) is 0 Å². The third-order valence-corrected chi connectivity index (χ3v) is 4.60. The molecule has 0 spiro atoms. The second-order valence-corrected chi connectivity index (χ2v) is 6.92. The van der Waals surface area contributed by atoms with Crippen LogP contribution >= 0.6 is 11.8 Å². The van der Waals surface area contributed by atoms with E-state index in [1.807, 2.05) is 56.3 Å². The van der Waals surface area contributed by atoms with Crippen molar-refractivity contribution in [1.82, 2.24) is 15.3 Å². The molecule has 0 saturated carbocycles. The summed E-state index contributed by atoms with van der Waals surface area (Å²) in [5.74, 6) is 1.45. The Bertz CT molecular complexity index is 858. The molecular weight excluding hydrogens is 346 g/mol. The highest BCUT2D eigenvalue weighted by molar-refractivity contribution is 7.98. The Kier molecular flexibility index (Phi) is 6.07. The largest absolute Gasteiger partial charge is 0.455 e. The van der Waals surface area contributed by atoms with Crippen LogP contribution in [0.4, 0.5) is 0 Å². The first-order valence-electron chi connectivity index (χ1n) is 8.46. The van der Waals surface area contributed by atoms with Gasteiger partial charge in [-0.2, -0.15) is 0 Å². The Hall–Kier alpha value is -2.60. The van der Waals surface area contributed by atoms with Crippen LogP contribution in [0.2, 0.25) is 0 Å². The summed E-state index contributed by atoms with van der Waals surface area (Å²) < 4.78 is 5.64. The zero-order valence-corrected chi connectivity index (χ0v) is 15.7. The van der Waals surface area contributed by atoms with Gasteiger partial charge in [-0.15, -0.1) is 0 Å². The van der Waals surface area contributed by atoms with E-state index in [-0.39, 0.29) is 5.91 Å². The number of carbonyl (C=O) groups is 1. The fourth-order valence-electron chi connectivity index (χ4n) is 2.52. The molecule has 3 rings (SSSR count). The highest BCUT2D eigenvalue weighted by atomic mass is 32.2. The van der Waals surface area contributed by atoms with Crippen molar-refractivity contribution in [2.75, 3.05) is 6.54 Å². The summed E-state index contributed by atoms with van der Waals surface area (Å²) in [6.07, 6.45) is 0.792. The van der Waals surface area contributed by atoms with Gasteiger partial charge < -0.3 is 9.73 Å². The zero-order chi connectivity index (χ0) is 18.4. The lowest BCUT2D eigenvalue weighted by Crippen LogP contribution is -2.25. The van der Waals surface area contributed by atoms with Gasteiger partial charge in [0.15, 0.2) is 10.9 Å². The quantitative estimate of drug-likeness (QED) is 0.506. The minimum Gasteiger partial charge on any atom is -0.455 e. The number of carbonyl (C=O) groups excluding carboxylic acids is 1. The van der Waals surface area contributed by atoms with E-state index in [0.29, 0.717) is 23.2 Å². The zero-order valence-electron chi connectivity index (χ0n) is 14.9. The van der Waals surface area contributed by atoms with Crippen LogP contribution in [0.15, 0.2) is 58.1 Å². The molecule has 1 N–H and O–H groups in total. The molecule has 0 aliphatic carbocycles. The fourth-order valence-corrected chi connectivity index (χ4v) is 3.37. The number of hydrogen-bond donors (Lipinski definition) is 1. The minimum atomic E-state index is -0.195. The summed E-state index contributed by atoms with van der Waals surface area (Å²) in [6.45, 7) is 4.47. The average molecular weight is 367 g/mol. The molecule has 0 unspecified atom stereocenters. The normalized spacial score (nSPS) is 10.7. The Labute approximate surface area is 157 Å². The molecule has 5 nitrogen and oxygen atoms in total. The minimum absolute atomic E-state index is 0.195. The van der Waals surface area contributed by atoms with E-state index in [1.165, 1.54) is 17.3 Å². The van der Waals surface area contributed by atoms with Gasteiger partial charge in [-0.05, 0) is 44.0 Å². The second kappa shape index (κ2) is 8.67. The van der Waals surface area contributed by atoms with Crippen molar-refractivity contribution in [2.45, 2.75) is 31.2 Å². The number of nitrogens with zero attached hydrogens (tertiary/aromatic N) is 2. The number of aromatic nitrogens is 2. The molecule has 2 heterocycles. The number of furan rings is 1. The van der Waals surface area contributed by atoms with Crippen molar-refractivity contribution in [3.8, 4) is 0 Å². The van der Waals surface area contributed by atoms with E-state index in [1.54, 1.807) is 6.07 Å². The van der Waals surface area contributed by atoms with Crippen LogP contribution in [0.25, 0.3) is 0 Å². The maximum Gasteiger partial charge on any atom is 0.287 e. The molecule has 6 heteroatoms. The van der Waals surface area contributed by atoms with Crippen molar-refractivity contribution < 1.29 is 9.21 Å². The Morgan fingerprint density at radius 3 is 2.54 bits per heavy atom. The summed E-state index contributed by atoms with van der Waals surface area (Å²) in [5.41, 5.74) is 3.08. The molecule has 0 atom stereocenters. The Morgan fingerprint density at radius 2 is 1.81 bits per heavy atom. The van der Waals surface area contributed by atoms with Gasteiger partial charge in [-0.1, -0.05) is 42.1 Å². The summed E-state index contributed by atoms with van der Waals surface area (Å²) in [4.78, 5) is 21.0. The molecule has 0 radical (unpaired) electrons. The maximum absolute atomic E-state index is 12.2. The lowest BCUT2D eigenvalue weighted by atomic mass is 10.1. The van der Waals surface area contributed by atoms with Crippen LogP contribution < -0.4 is 5.32 Å². The number of thioether (sulfide) groups is 1. The van der Waals surface area contributed by atoms with Gasteiger partial charge in [0.25, 0.3) is 5.91 Å². The van der Waals surface area contributed by atoms with E-state index >= 15 is 0 Å². The van der Waals surface area contributed by atoms with Crippen LogP contribution in [-0.2, 0) is 12.2 Å². The van der Waals surface area contributed by atoms with Crippen LogP contribution in [0, 0.1) is 13.8 Å². The van der Waals surface area contributed by atoms with Crippen LogP contribution in [0.5, 0.6) is 0 Å². The van der Waals surface area contributed by atoms with Crippen LogP contribution in [0.3, 0.4) is 0 Å². The molecule has 0 saturated heterocycles. The molecule has 1 aromatic carbocycles. The predicted molar refractivity (Wildman–Crippen MR) is 102 cm³/mol. The van der Waals surface area contributed by atoms with Gasteiger partial charge in [0.05, 0.1) is 5.75 Å². The molecule has 0 aliphatic rings. The molecule has 134 valence electrons. The van der Waals surface area contributed by atoms with E-state index < -0.39 is 0 Å². The number of aryl methyl sites for hydroxylation is 2. The van der Waals surface area contributed by atoms with Gasteiger partial charge in [0, 0.05) is 17.9 Å². The Balaban J connectivity index is 1.49. The molecular formula is C20H21N3O2S. The van der Waals surface area contributed by atoms with E-state index in [0.717, 1.165) is 23.6 Å². The monoisotopic (exact) mass is 367 g/mol. The highest BCUT2D eigenvalue weighted by Gasteiger charge is 2.11. The lowest BCUT2D eigenvalue weighted by Gasteiger charge is -2.03. The van der Waals surface area contributed by atoms with E-state index in [9.17, 15) is 4.79 Å². The van der Waals surface area contributed by atoms with E-state index in [4.69, 9.17) is 4.42 Å². The maximum atomic E-state index is 12.2. The third kappa shape index (κ3) is 5.20. The molecule has 3 aromatic rings. The first-order chi connectivity index (χ1) is 12.6. The van der Waals surface area contributed by atoms with Crippen LogP contribution in [-0.4, -0.2) is 22.4 Å². The molecule has 2 aromatic heterocycles. The molecule has 1 amide bonds. The second-order valence-electron chi connectivity index (χ2n) is 5.98. The van der Waals surface area contributed by atoms with Gasteiger partial charge in [0.1, 0.15) is 5.76 Å². The highest BCUT2D eigenvalue weighted by Crippen LogP contribution is 2.21. The molecule has 0 aliphatic heterocycles. The van der Waals surface area contributed by atoms with Gasteiger partial charge >= 0.3 is 0 Å². The first kappa shape index (κ1) is 18.2. The summed E-state index contributed by atoms with van der Waals surface area (Å²) >= 11 is 1.49. The van der Waals surface area contributed by atoms with Crippen molar-refractivity contribution >= 4 is 17.7 Å². The fraction of sp³-hybridized carbons (Fsp3) is 0.250. The number of benzene rings is 1. The number of amides is 1. The van der Waals surface area contributed by atoms with Gasteiger partial charge in [-0.3, -0.25) is 4.79 Å². The van der Waals surface area contributed by atoms with Crippen molar-refractivity contribution in [1.29, 1.82) is 0 Å². The summed E-state index contributed by atoms with van der Waals surface area (Å²) in [5, 5.41) is 3.60. The van der Waals surface area contributed by atoms with Crippen LogP contribution in [0.1, 0.15) is 33.3 Å².